The number of rotatable bonds is 2. The highest BCUT2D eigenvalue weighted by Gasteiger charge is 2.43. The van der Waals surface area contributed by atoms with Crippen LogP contribution in [0, 0.1) is 0 Å². The van der Waals surface area contributed by atoms with Gasteiger partial charge in [-0.15, -0.1) is 0 Å². The lowest BCUT2D eigenvalue weighted by Crippen LogP contribution is -2.51. The van der Waals surface area contributed by atoms with Gasteiger partial charge in [-0.05, 0) is 33.6 Å². The monoisotopic (exact) mass is 186 g/mol. The lowest BCUT2D eigenvalue weighted by molar-refractivity contribution is 0.204. The molecule has 0 aliphatic heterocycles. The molecule has 1 fully saturated rings. The molecule has 4 heteroatoms. The second kappa shape index (κ2) is 3.18. The van der Waals surface area contributed by atoms with Crippen molar-refractivity contribution in [3.05, 3.63) is 0 Å². The SMILES string of the molecule is CC(C)(C)NC(=O)NC1(CO)CC1. The number of carbonyl (C=O) groups excluding carboxylic acids is 1. The van der Waals surface area contributed by atoms with Crippen molar-refractivity contribution in [2.24, 2.45) is 0 Å². The molecule has 13 heavy (non-hydrogen) atoms. The summed E-state index contributed by atoms with van der Waals surface area (Å²) in [5, 5.41) is 14.5. The van der Waals surface area contributed by atoms with Gasteiger partial charge in [0.1, 0.15) is 0 Å². The Labute approximate surface area is 78.7 Å². The first kappa shape index (κ1) is 10.3. The van der Waals surface area contributed by atoms with Crippen LogP contribution in [0.1, 0.15) is 33.6 Å². The molecule has 0 aromatic heterocycles. The minimum absolute atomic E-state index is 0.0323. The molecule has 0 saturated heterocycles. The third-order valence-electron chi connectivity index (χ3n) is 2.02. The van der Waals surface area contributed by atoms with E-state index < -0.39 is 0 Å². The van der Waals surface area contributed by atoms with E-state index in [1.54, 1.807) is 0 Å². The second-order valence-electron chi connectivity index (χ2n) is 4.77. The van der Waals surface area contributed by atoms with Crippen molar-refractivity contribution >= 4 is 6.03 Å². The summed E-state index contributed by atoms with van der Waals surface area (Å²) in [5.41, 5.74) is -0.551. The quantitative estimate of drug-likeness (QED) is 0.591. The summed E-state index contributed by atoms with van der Waals surface area (Å²) in [4.78, 5) is 11.3. The molecule has 3 N–H and O–H groups in total. The molecule has 76 valence electrons. The summed E-state index contributed by atoms with van der Waals surface area (Å²) < 4.78 is 0. The number of hydrogen-bond acceptors (Lipinski definition) is 2. The third-order valence-corrected chi connectivity index (χ3v) is 2.02. The minimum Gasteiger partial charge on any atom is -0.394 e. The molecular weight excluding hydrogens is 168 g/mol. The maximum Gasteiger partial charge on any atom is 0.315 e. The van der Waals surface area contributed by atoms with Gasteiger partial charge in [0.05, 0.1) is 12.1 Å². The molecule has 0 aromatic carbocycles. The Morgan fingerprint density at radius 2 is 2.00 bits per heavy atom. The van der Waals surface area contributed by atoms with E-state index in [0.717, 1.165) is 12.8 Å². The molecular formula is C9H18N2O2. The Hall–Kier alpha value is -0.770. The van der Waals surface area contributed by atoms with Crippen LogP contribution in [0.3, 0.4) is 0 Å². The van der Waals surface area contributed by atoms with E-state index in [-0.39, 0.29) is 23.7 Å². The van der Waals surface area contributed by atoms with Crippen molar-refractivity contribution in [3.63, 3.8) is 0 Å². The van der Waals surface area contributed by atoms with E-state index >= 15 is 0 Å². The van der Waals surface area contributed by atoms with Crippen molar-refractivity contribution in [1.29, 1.82) is 0 Å². The fraction of sp³-hybridized carbons (Fsp3) is 0.889. The van der Waals surface area contributed by atoms with Gasteiger partial charge < -0.3 is 15.7 Å². The Balaban J connectivity index is 2.34. The summed E-state index contributed by atoms with van der Waals surface area (Å²) in [6, 6.07) is -0.195. The number of carbonyl (C=O) groups is 1. The maximum atomic E-state index is 11.3. The van der Waals surface area contributed by atoms with E-state index in [2.05, 4.69) is 10.6 Å². The first-order chi connectivity index (χ1) is 5.87. The average molecular weight is 186 g/mol. The lowest BCUT2D eigenvalue weighted by Gasteiger charge is -2.23. The van der Waals surface area contributed by atoms with E-state index in [4.69, 9.17) is 5.11 Å². The van der Waals surface area contributed by atoms with Crippen LogP contribution in [0.2, 0.25) is 0 Å². The van der Waals surface area contributed by atoms with Gasteiger partial charge in [-0.25, -0.2) is 4.79 Å². The predicted octanol–water partition coefficient (Wildman–Crippen LogP) is 0.609. The van der Waals surface area contributed by atoms with E-state index in [1.165, 1.54) is 0 Å². The average Bonchev–Trinajstić information content (AvgIpc) is 2.65. The van der Waals surface area contributed by atoms with Crippen LogP contribution in [-0.4, -0.2) is 28.8 Å². The van der Waals surface area contributed by atoms with Crippen LogP contribution in [0.5, 0.6) is 0 Å². The zero-order valence-electron chi connectivity index (χ0n) is 8.48. The molecule has 0 atom stereocenters. The molecule has 1 aliphatic rings. The van der Waals surface area contributed by atoms with Gasteiger partial charge in [0.15, 0.2) is 0 Å². The molecule has 0 aromatic rings. The lowest BCUT2D eigenvalue weighted by atomic mass is 10.1. The molecule has 0 spiro atoms. The molecule has 0 heterocycles. The largest absolute Gasteiger partial charge is 0.394 e. The molecule has 2 amide bonds. The molecule has 1 rings (SSSR count). The number of aliphatic hydroxyl groups is 1. The zero-order valence-corrected chi connectivity index (χ0v) is 8.48. The zero-order chi connectivity index (χ0) is 10.1. The number of urea groups is 1. The number of amides is 2. The Morgan fingerprint density at radius 3 is 2.31 bits per heavy atom. The van der Waals surface area contributed by atoms with Gasteiger partial charge in [0, 0.05) is 5.54 Å². The number of hydrogen-bond donors (Lipinski definition) is 3. The summed E-state index contributed by atoms with van der Waals surface area (Å²) in [5.74, 6) is 0. The predicted molar refractivity (Wildman–Crippen MR) is 50.5 cm³/mol. The summed E-state index contributed by atoms with van der Waals surface area (Å²) in [6.45, 7) is 5.80. The first-order valence-electron chi connectivity index (χ1n) is 4.58. The molecule has 1 saturated carbocycles. The second-order valence-corrected chi connectivity index (χ2v) is 4.77. The fourth-order valence-corrected chi connectivity index (χ4v) is 1.09. The summed E-state index contributed by atoms with van der Waals surface area (Å²) in [7, 11) is 0. The topological polar surface area (TPSA) is 61.4 Å². The van der Waals surface area contributed by atoms with E-state index in [1.807, 2.05) is 20.8 Å². The van der Waals surface area contributed by atoms with Crippen molar-refractivity contribution in [1.82, 2.24) is 10.6 Å². The van der Waals surface area contributed by atoms with Gasteiger partial charge in [-0.1, -0.05) is 0 Å². The van der Waals surface area contributed by atoms with Gasteiger partial charge in [-0.2, -0.15) is 0 Å². The van der Waals surface area contributed by atoms with Crippen LogP contribution in [0.4, 0.5) is 4.79 Å². The van der Waals surface area contributed by atoms with Crippen LogP contribution in [0.25, 0.3) is 0 Å². The van der Waals surface area contributed by atoms with Crippen molar-refractivity contribution in [3.8, 4) is 0 Å². The Kier molecular flexibility index (Phi) is 2.52. The van der Waals surface area contributed by atoms with Crippen LogP contribution in [0.15, 0.2) is 0 Å². The summed E-state index contributed by atoms with van der Waals surface area (Å²) in [6.07, 6.45) is 1.75. The van der Waals surface area contributed by atoms with Gasteiger partial charge in [0.2, 0.25) is 0 Å². The van der Waals surface area contributed by atoms with E-state index in [9.17, 15) is 4.79 Å². The molecule has 4 nitrogen and oxygen atoms in total. The van der Waals surface area contributed by atoms with E-state index in [0.29, 0.717) is 0 Å². The van der Waals surface area contributed by atoms with Crippen molar-refractivity contribution in [2.75, 3.05) is 6.61 Å². The maximum absolute atomic E-state index is 11.3. The van der Waals surface area contributed by atoms with Gasteiger partial charge >= 0.3 is 6.03 Å². The Morgan fingerprint density at radius 1 is 1.46 bits per heavy atom. The standard InChI is InChI=1S/C9H18N2O2/c1-8(2,3)10-7(13)11-9(6-12)4-5-9/h12H,4-6H2,1-3H3,(H2,10,11,13). The van der Waals surface area contributed by atoms with Crippen LogP contribution < -0.4 is 10.6 Å². The highest BCUT2D eigenvalue weighted by molar-refractivity contribution is 5.76. The van der Waals surface area contributed by atoms with Crippen molar-refractivity contribution in [2.45, 2.75) is 44.7 Å². The minimum atomic E-state index is -0.324. The van der Waals surface area contributed by atoms with Crippen molar-refractivity contribution < 1.29 is 9.90 Å². The summed E-state index contributed by atoms with van der Waals surface area (Å²) >= 11 is 0. The molecule has 1 aliphatic carbocycles. The first-order valence-corrected chi connectivity index (χ1v) is 4.58. The molecule has 0 radical (unpaired) electrons. The molecule has 0 unspecified atom stereocenters. The number of aliphatic hydroxyl groups excluding tert-OH is 1. The smallest absolute Gasteiger partial charge is 0.315 e. The normalized spacial score (nSPS) is 19.4. The van der Waals surface area contributed by atoms with Crippen LogP contribution in [-0.2, 0) is 0 Å². The fourth-order valence-electron chi connectivity index (χ4n) is 1.09. The highest BCUT2D eigenvalue weighted by Crippen LogP contribution is 2.34. The number of nitrogens with one attached hydrogen (secondary N) is 2. The highest BCUT2D eigenvalue weighted by atomic mass is 16.3. The Bertz CT molecular complexity index is 204. The van der Waals surface area contributed by atoms with Gasteiger partial charge in [0.25, 0.3) is 0 Å². The third kappa shape index (κ3) is 3.22. The van der Waals surface area contributed by atoms with Crippen LogP contribution >= 0.6 is 0 Å². The van der Waals surface area contributed by atoms with Gasteiger partial charge in [-0.3, -0.25) is 0 Å². The molecule has 0 bridgehead atoms.